The molecule has 4 nitrogen and oxygen atoms in total. The summed E-state index contributed by atoms with van der Waals surface area (Å²) in [6.07, 6.45) is 0. The molecule has 0 aliphatic rings. The van der Waals surface area contributed by atoms with Gasteiger partial charge in [-0.25, -0.2) is 0 Å². The molecule has 0 saturated carbocycles. The molecule has 0 fully saturated rings. The molecule has 0 radical (unpaired) electrons. The summed E-state index contributed by atoms with van der Waals surface area (Å²) in [6, 6.07) is 0. The summed E-state index contributed by atoms with van der Waals surface area (Å²) in [7, 11) is 0. The zero-order chi connectivity index (χ0) is 10.7. The summed E-state index contributed by atoms with van der Waals surface area (Å²) in [6.45, 7) is 6.58. The van der Waals surface area contributed by atoms with Crippen molar-refractivity contribution in [2.45, 2.75) is 33.3 Å². The molecular formula is C9H18O4. The Hall–Kier alpha value is -0.610. The number of aliphatic hydroxyl groups excluding tert-OH is 1. The molecule has 0 aliphatic heterocycles. The minimum atomic E-state index is -1.20. The lowest BCUT2D eigenvalue weighted by molar-refractivity contribution is -0.158. The molecule has 78 valence electrons. The first-order valence-corrected chi connectivity index (χ1v) is 4.19. The average Bonchev–Trinajstić information content (AvgIpc) is 1.98. The van der Waals surface area contributed by atoms with E-state index >= 15 is 0 Å². The van der Waals surface area contributed by atoms with Gasteiger partial charge < -0.3 is 14.9 Å². The van der Waals surface area contributed by atoms with Crippen molar-refractivity contribution >= 4 is 5.97 Å². The highest BCUT2D eigenvalue weighted by atomic mass is 16.5. The van der Waals surface area contributed by atoms with E-state index in [2.05, 4.69) is 0 Å². The van der Waals surface area contributed by atoms with Crippen LogP contribution in [-0.4, -0.2) is 35.0 Å². The Labute approximate surface area is 78.5 Å². The van der Waals surface area contributed by atoms with Gasteiger partial charge in [0.1, 0.15) is 5.41 Å². The third-order valence-corrected chi connectivity index (χ3v) is 1.69. The molecule has 1 unspecified atom stereocenters. The van der Waals surface area contributed by atoms with Crippen LogP contribution in [0.5, 0.6) is 0 Å². The van der Waals surface area contributed by atoms with E-state index < -0.39 is 18.0 Å². The summed E-state index contributed by atoms with van der Waals surface area (Å²) in [5, 5.41) is 17.7. The quantitative estimate of drug-likeness (QED) is 0.690. The number of hydrogen-bond acceptors (Lipinski definition) is 3. The van der Waals surface area contributed by atoms with Crippen molar-refractivity contribution in [3.05, 3.63) is 0 Å². The lowest BCUT2D eigenvalue weighted by Gasteiger charge is -2.27. The van der Waals surface area contributed by atoms with E-state index in [4.69, 9.17) is 14.9 Å². The number of carbonyl (C=O) groups is 1. The number of aliphatic carboxylic acids is 1. The number of ether oxygens (including phenoxy) is 1. The second-order valence-electron chi connectivity index (χ2n) is 4.42. The Bertz CT molecular complexity index is 183. The first-order chi connectivity index (χ1) is 5.71. The molecule has 0 amide bonds. The fourth-order valence-electron chi connectivity index (χ4n) is 0.551. The Morgan fingerprint density at radius 3 is 2.00 bits per heavy atom. The summed E-state index contributed by atoms with van der Waals surface area (Å²) in [4.78, 5) is 10.7. The average molecular weight is 190 g/mol. The van der Waals surface area contributed by atoms with E-state index in [0.717, 1.165) is 0 Å². The standard InChI is InChI=1S/C9H18O4/c1-8(2,3)13-6-9(4,5-10)7(11)12/h10H,5-6H2,1-4H3,(H,11,12). The van der Waals surface area contributed by atoms with Gasteiger partial charge in [0.25, 0.3) is 0 Å². The highest BCUT2D eigenvalue weighted by Gasteiger charge is 2.34. The summed E-state index contributed by atoms with van der Waals surface area (Å²) >= 11 is 0. The van der Waals surface area contributed by atoms with Crippen LogP contribution in [0.25, 0.3) is 0 Å². The van der Waals surface area contributed by atoms with Crippen LogP contribution in [0.1, 0.15) is 27.7 Å². The molecule has 0 spiro atoms. The van der Waals surface area contributed by atoms with Crippen LogP contribution in [0.2, 0.25) is 0 Å². The number of rotatable bonds is 4. The van der Waals surface area contributed by atoms with Crippen molar-refractivity contribution < 1.29 is 19.7 Å². The minimum absolute atomic E-state index is 0.0162. The zero-order valence-corrected chi connectivity index (χ0v) is 8.63. The van der Waals surface area contributed by atoms with Gasteiger partial charge in [0, 0.05) is 0 Å². The largest absolute Gasteiger partial charge is 0.481 e. The molecule has 0 saturated heterocycles. The monoisotopic (exact) mass is 190 g/mol. The van der Waals surface area contributed by atoms with E-state index in [1.165, 1.54) is 6.92 Å². The van der Waals surface area contributed by atoms with Crippen molar-refractivity contribution in [2.75, 3.05) is 13.2 Å². The maximum Gasteiger partial charge on any atom is 0.314 e. The maximum atomic E-state index is 10.7. The normalized spacial score (nSPS) is 16.7. The van der Waals surface area contributed by atoms with E-state index in [1.807, 2.05) is 20.8 Å². The fraction of sp³-hybridized carbons (Fsp3) is 0.889. The predicted molar refractivity (Wildman–Crippen MR) is 48.5 cm³/mol. The number of carboxylic acid groups (broad SMARTS) is 1. The van der Waals surface area contributed by atoms with E-state index in [-0.39, 0.29) is 12.2 Å². The molecular weight excluding hydrogens is 172 g/mol. The van der Waals surface area contributed by atoms with Crippen LogP contribution in [0.3, 0.4) is 0 Å². The first-order valence-electron chi connectivity index (χ1n) is 4.19. The van der Waals surface area contributed by atoms with Crippen LogP contribution >= 0.6 is 0 Å². The molecule has 0 aliphatic carbocycles. The molecule has 0 rings (SSSR count). The van der Waals surface area contributed by atoms with Crippen LogP contribution in [-0.2, 0) is 9.53 Å². The molecule has 13 heavy (non-hydrogen) atoms. The SMILES string of the molecule is CC(C)(C)OCC(C)(CO)C(=O)O. The maximum absolute atomic E-state index is 10.7. The molecule has 0 aromatic heterocycles. The lowest BCUT2D eigenvalue weighted by Crippen LogP contribution is -2.39. The van der Waals surface area contributed by atoms with Gasteiger partial charge in [-0.2, -0.15) is 0 Å². The summed E-state index contributed by atoms with van der Waals surface area (Å²) in [5.41, 5.74) is -1.58. The Morgan fingerprint density at radius 2 is 1.77 bits per heavy atom. The number of aliphatic hydroxyl groups is 1. The third-order valence-electron chi connectivity index (χ3n) is 1.69. The van der Waals surface area contributed by atoms with Gasteiger partial charge in [-0.15, -0.1) is 0 Å². The van der Waals surface area contributed by atoms with Crippen LogP contribution in [0.4, 0.5) is 0 Å². The van der Waals surface area contributed by atoms with E-state index in [0.29, 0.717) is 0 Å². The zero-order valence-electron chi connectivity index (χ0n) is 8.63. The van der Waals surface area contributed by atoms with Crippen molar-refractivity contribution in [2.24, 2.45) is 5.41 Å². The second-order valence-corrected chi connectivity index (χ2v) is 4.42. The molecule has 0 aromatic carbocycles. The highest BCUT2D eigenvalue weighted by Crippen LogP contribution is 2.19. The van der Waals surface area contributed by atoms with Crippen molar-refractivity contribution in [3.63, 3.8) is 0 Å². The van der Waals surface area contributed by atoms with Crippen LogP contribution in [0, 0.1) is 5.41 Å². The van der Waals surface area contributed by atoms with Gasteiger partial charge in [-0.3, -0.25) is 4.79 Å². The summed E-state index contributed by atoms with van der Waals surface area (Å²) < 4.78 is 5.31. The molecule has 0 heterocycles. The van der Waals surface area contributed by atoms with Gasteiger partial charge in [-0.05, 0) is 27.7 Å². The van der Waals surface area contributed by atoms with Gasteiger partial charge >= 0.3 is 5.97 Å². The molecule has 1 atom stereocenters. The molecule has 4 heteroatoms. The molecule has 2 N–H and O–H groups in total. The van der Waals surface area contributed by atoms with Crippen LogP contribution < -0.4 is 0 Å². The lowest BCUT2D eigenvalue weighted by atomic mass is 9.93. The second kappa shape index (κ2) is 4.07. The third kappa shape index (κ3) is 4.24. The molecule has 0 aromatic rings. The minimum Gasteiger partial charge on any atom is -0.481 e. The van der Waals surface area contributed by atoms with Crippen molar-refractivity contribution in [1.29, 1.82) is 0 Å². The Kier molecular flexibility index (Phi) is 3.88. The summed E-state index contributed by atoms with van der Waals surface area (Å²) in [5.74, 6) is -1.04. The Balaban J connectivity index is 4.22. The van der Waals surface area contributed by atoms with Crippen LogP contribution in [0.15, 0.2) is 0 Å². The van der Waals surface area contributed by atoms with E-state index in [1.54, 1.807) is 0 Å². The first kappa shape index (κ1) is 12.4. The van der Waals surface area contributed by atoms with E-state index in [9.17, 15) is 4.79 Å². The Morgan fingerprint density at radius 1 is 1.31 bits per heavy atom. The van der Waals surface area contributed by atoms with Gasteiger partial charge in [0.05, 0.1) is 18.8 Å². The smallest absolute Gasteiger partial charge is 0.314 e. The molecule has 0 bridgehead atoms. The number of carboxylic acids is 1. The topological polar surface area (TPSA) is 66.8 Å². The number of hydrogen-bond donors (Lipinski definition) is 2. The van der Waals surface area contributed by atoms with Gasteiger partial charge in [-0.1, -0.05) is 0 Å². The predicted octanol–water partition coefficient (Wildman–Crippen LogP) is 0.885. The van der Waals surface area contributed by atoms with Gasteiger partial charge in [0.15, 0.2) is 0 Å². The van der Waals surface area contributed by atoms with Crippen molar-refractivity contribution in [1.82, 2.24) is 0 Å². The van der Waals surface area contributed by atoms with Crippen molar-refractivity contribution in [3.8, 4) is 0 Å². The fourth-order valence-corrected chi connectivity index (χ4v) is 0.551. The highest BCUT2D eigenvalue weighted by molar-refractivity contribution is 5.74. The van der Waals surface area contributed by atoms with Gasteiger partial charge in [0.2, 0.25) is 0 Å².